The molecule has 6 heteroatoms. The molecule has 3 heterocycles. The number of carbonyl (C=O) groups is 1. The lowest BCUT2D eigenvalue weighted by Gasteiger charge is -2.27. The minimum Gasteiger partial charge on any atom is -0.383 e. The molecule has 0 spiro atoms. The highest BCUT2D eigenvalue weighted by Crippen LogP contribution is 2.36. The fourth-order valence-corrected chi connectivity index (χ4v) is 3.86. The Labute approximate surface area is 121 Å². The van der Waals surface area contributed by atoms with Crippen LogP contribution in [0.15, 0.2) is 6.33 Å². The average molecular weight is 290 g/mol. The summed E-state index contributed by atoms with van der Waals surface area (Å²) in [5.41, 5.74) is 7.20. The summed E-state index contributed by atoms with van der Waals surface area (Å²) in [7, 11) is 0. The summed E-state index contributed by atoms with van der Waals surface area (Å²) < 4.78 is 0. The lowest BCUT2D eigenvalue weighted by Crippen LogP contribution is -2.35. The van der Waals surface area contributed by atoms with Gasteiger partial charge in [0.25, 0.3) is 0 Å². The van der Waals surface area contributed by atoms with Gasteiger partial charge in [0, 0.05) is 17.8 Å². The topological polar surface area (TPSA) is 72.1 Å². The molecule has 0 aromatic carbocycles. The summed E-state index contributed by atoms with van der Waals surface area (Å²) in [6.45, 7) is 3.57. The van der Waals surface area contributed by atoms with Gasteiger partial charge in [0.1, 0.15) is 17.0 Å². The molecule has 0 atom stereocenters. The van der Waals surface area contributed by atoms with Gasteiger partial charge in [-0.3, -0.25) is 4.79 Å². The number of nitrogens with zero attached hydrogens (tertiary/aromatic N) is 3. The van der Waals surface area contributed by atoms with Crippen LogP contribution in [0.1, 0.15) is 36.6 Å². The van der Waals surface area contributed by atoms with Crippen LogP contribution in [-0.4, -0.2) is 27.3 Å². The van der Waals surface area contributed by atoms with Crippen LogP contribution < -0.4 is 5.73 Å². The number of unbranched alkanes of at least 4 members (excludes halogenated alkanes) is 1. The van der Waals surface area contributed by atoms with E-state index in [0.717, 1.165) is 36.0 Å². The maximum absolute atomic E-state index is 12.1. The smallest absolute Gasteiger partial charge is 0.222 e. The number of anilines is 1. The van der Waals surface area contributed by atoms with Crippen molar-refractivity contribution >= 4 is 33.3 Å². The Morgan fingerprint density at radius 1 is 1.50 bits per heavy atom. The van der Waals surface area contributed by atoms with Crippen LogP contribution in [0.3, 0.4) is 0 Å². The molecule has 2 N–H and O–H groups in total. The molecule has 0 aliphatic carbocycles. The van der Waals surface area contributed by atoms with Crippen LogP contribution in [0.25, 0.3) is 10.2 Å². The van der Waals surface area contributed by atoms with Gasteiger partial charge in [-0.25, -0.2) is 9.97 Å². The van der Waals surface area contributed by atoms with Crippen molar-refractivity contribution in [1.29, 1.82) is 0 Å². The number of thiophene rings is 1. The largest absolute Gasteiger partial charge is 0.383 e. The second-order valence-corrected chi connectivity index (χ2v) is 6.20. The van der Waals surface area contributed by atoms with Crippen LogP contribution in [0.2, 0.25) is 0 Å². The second kappa shape index (κ2) is 5.36. The van der Waals surface area contributed by atoms with Gasteiger partial charge in [0.15, 0.2) is 0 Å². The summed E-state index contributed by atoms with van der Waals surface area (Å²) in [6.07, 6.45) is 5.03. The van der Waals surface area contributed by atoms with Crippen molar-refractivity contribution in [2.45, 2.75) is 39.2 Å². The van der Waals surface area contributed by atoms with Crippen molar-refractivity contribution in [2.75, 3.05) is 12.3 Å². The van der Waals surface area contributed by atoms with E-state index in [2.05, 4.69) is 16.9 Å². The first-order valence-corrected chi connectivity index (χ1v) is 7.80. The molecule has 3 rings (SSSR count). The number of aromatic nitrogens is 2. The summed E-state index contributed by atoms with van der Waals surface area (Å²) in [5.74, 6) is 0.812. The first-order valence-electron chi connectivity index (χ1n) is 6.99. The fraction of sp³-hybridized carbons (Fsp3) is 0.500. The SMILES string of the molecule is CCCCC(=O)N1CCc2c(sc3ncnc(N)c23)C1. The van der Waals surface area contributed by atoms with E-state index in [-0.39, 0.29) is 5.91 Å². The van der Waals surface area contributed by atoms with Gasteiger partial charge in [0.05, 0.1) is 11.9 Å². The molecule has 0 bridgehead atoms. The fourth-order valence-electron chi connectivity index (χ4n) is 2.65. The third-order valence-electron chi connectivity index (χ3n) is 3.76. The Morgan fingerprint density at radius 2 is 2.35 bits per heavy atom. The Balaban J connectivity index is 1.87. The Kier molecular flexibility index (Phi) is 3.56. The van der Waals surface area contributed by atoms with Crippen molar-refractivity contribution in [2.24, 2.45) is 0 Å². The molecule has 20 heavy (non-hydrogen) atoms. The van der Waals surface area contributed by atoms with E-state index < -0.39 is 0 Å². The Hall–Kier alpha value is -1.69. The van der Waals surface area contributed by atoms with E-state index in [4.69, 9.17) is 5.73 Å². The van der Waals surface area contributed by atoms with Crippen LogP contribution in [-0.2, 0) is 17.8 Å². The predicted molar refractivity (Wildman–Crippen MR) is 80.5 cm³/mol. The third kappa shape index (κ3) is 2.24. The Morgan fingerprint density at radius 3 is 3.15 bits per heavy atom. The summed E-state index contributed by atoms with van der Waals surface area (Å²) in [4.78, 5) is 24.6. The first-order chi connectivity index (χ1) is 9.70. The molecule has 106 valence electrons. The van der Waals surface area contributed by atoms with E-state index in [1.54, 1.807) is 11.3 Å². The second-order valence-electron chi connectivity index (χ2n) is 5.11. The maximum Gasteiger partial charge on any atom is 0.222 e. The standard InChI is InChI=1S/C14H18N4OS/c1-2-3-4-11(19)18-6-5-9-10(7-18)20-14-12(9)13(15)16-8-17-14/h8H,2-7H2,1H3,(H2,15,16,17). The maximum atomic E-state index is 12.1. The summed E-state index contributed by atoms with van der Waals surface area (Å²) in [6, 6.07) is 0. The molecule has 1 amide bonds. The summed E-state index contributed by atoms with van der Waals surface area (Å²) in [5, 5.41) is 0.994. The van der Waals surface area contributed by atoms with Gasteiger partial charge in [-0.2, -0.15) is 0 Å². The van der Waals surface area contributed by atoms with Gasteiger partial charge in [-0.1, -0.05) is 13.3 Å². The Bertz CT molecular complexity index is 652. The van der Waals surface area contributed by atoms with Crippen LogP contribution in [0.5, 0.6) is 0 Å². The zero-order valence-corrected chi connectivity index (χ0v) is 12.4. The predicted octanol–water partition coefficient (Wildman–Crippen LogP) is 2.35. The minimum atomic E-state index is 0.258. The first kappa shape index (κ1) is 13.3. The lowest BCUT2D eigenvalue weighted by atomic mass is 10.0. The quantitative estimate of drug-likeness (QED) is 0.941. The van der Waals surface area contributed by atoms with Crippen molar-refractivity contribution in [3.8, 4) is 0 Å². The minimum absolute atomic E-state index is 0.258. The molecule has 5 nitrogen and oxygen atoms in total. The molecular formula is C14H18N4OS. The number of rotatable bonds is 3. The van der Waals surface area contributed by atoms with Crippen LogP contribution in [0, 0.1) is 0 Å². The zero-order valence-electron chi connectivity index (χ0n) is 11.6. The molecular weight excluding hydrogens is 272 g/mol. The van der Waals surface area contributed by atoms with Gasteiger partial charge in [-0.15, -0.1) is 11.3 Å². The number of hydrogen-bond acceptors (Lipinski definition) is 5. The molecule has 1 aliphatic rings. The number of nitrogen functional groups attached to an aromatic ring is 1. The molecule has 2 aromatic rings. The number of hydrogen-bond donors (Lipinski definition) is 1. The van der Waals surface area contributed by atoms with Crippen LogP contribution >= 0.6 is 11.3 Å². The molecule has 1 aliphatic heterocycles. The summed E-state index contributed by atoms with van der Waals surface area (Å²) >= 11 is 1.63. The highest BCUT2D eigenvalue weighted by atomic mass is 32.1. The van der Waals surface area contributed by atoms with Gasteiger partial charge >= 0.3 is 0 Å². The number of carbonyl (C=O) groups excluding carboxylic acids is 1. The molecule has 0 fully saturated rings. The van der Waals surface area contributed by atoms with Crippen molar-refractivity contribution < 1.29 is 4.79 Å². The number of amides is 1. The third-order valence-corrected chi connectivity index (χ3v) is 4.89. The van der Waals surface area contributed by atoms with Crippen molar-refractivity contribution in [1.82, 2.24) is 14.9 Å². The molecule has 0 saturated carbocycles. The lowest BCUT2D eigenvalue weighted by molar-refractivity contribution is -0.132. The average Bonchev–Trinajstić information content (AvgIpc) is 2.83. The monoisotopic (exact) mass is 290 g/mol. The highest BCUT2D eigenvalue weighted by molar-refractivity contribution is 7.18. The zero-order chi connectivity index (χ0) is 14.1. The number of nitrogens with two attached hydrogens (primary N) is 1. The van der Waals surface area contributed by atoms with Crippen molar-refractivity contribution in [3.63, 3.8) is 0 Å². The molecule has 2 aromatic heterocycles. The highest BCUT2D eigenvalue weighted by Gasteiger charge is 2.25. The van der Waals surface area contributed by atoms with E-state index in [1.165, 1.54) is 16.8 Å². The molecule has 0 saturated heterocycles. The van der Waals surface area contributed by atoms with E-state index in [9.17, 15) is 4.79 Å². The molecule has 0 radical (unpaired) electrons. The number of fused-ring (bicyclic) bond motifs is 3. The normalized spacial score (nSPS) is 14.6. The van der Waals surface area contributed by atoms with Gasteiger partial charge < -0.3 is 10.6 Å². The van der Waals surface area contributed by atoms with E-state index in [1.807, 2.05) is 4.90 Å². The van der Waals surface area contributed by atoms with Gasteiger partial charge in [-0.05, 0) is 18.4 Å². The van der Waals surface area contributed by atoms with E-state index >= 15 is 0 Å². The van der Waals surface area contributed by atoms with Crippen molar-refractivity contribution in [3.05, 3.63) is 16.8 Å². The van der Waals surface area contributed by atoms with Crippen LogP contribution in [0.4, 0.5) is 5.82 Å². The molecule has 0 unspecified atom stereocenters. The van der Waals surface area contributed by atoms with Gasteiger partial charge in [0.2, 0.25) is 5.91 Å². The van der Waals surface area contributed by atoms with E-state index in [0.29, 0.717) is 18.8 Å².